The van der Waals surface area contributed by atoms with Gasteiger partial charge in [-0.2, -0.15) is 13.2 Å². The fraction of sp³-hybridized carbons (Fsp3) is 0.800. The van der Waals surface area contributed by atoms with Crippen molar-refractivity contribution in [1.29, 1.82) is 0 Å². The van der Waals surface area contributed by atoms with E-state index in [1.165, 1.54) is 4.57 Å². The summed E-state index contributed by atoms with van der Waals surface area (Å²) in [6, 6.07) is 0. The van der Waals surface area contributed by atoms with Crippen LogP contribution in [0.1, 0.15) is 31.4 Å². The number of hydrogen-bond donors (Lipinski definition) is 0. The lowest BCUT2D eigenvalue weighted by Crippen LogP contribution is -2.35. The molecule has 0 N–H and O–H groups in total. The largest absolute Gasteiger partial charge is 0.451 e. The van der Waals surface area contributed by atoms with E-state index in [0.717, 1.165) is 19.4 Å². The minimum absolute atomic E-state index is 0.320. The van der Waals surface area contributed by atoms with Gasteiger partial charge in [-0.25, -0.2) is 0 Å². The summed E-state index contributed by atoms with van der Waals surface area (Å²) in [5.74, 6) is -0.456. The molecule has 0 amide bonds. The molecule has 7 heteroatoms. The molecular formula is C10H15F3N4. The van der Waals surface area contributed by atoms with E-state index in [-0.39, 0.29) is 0 Å². The van der Waals surface area contributed by atoms with Crippen molar-refractivity contribution in [3.05, 3.63) is 11.6 Å². The molecule has 96 valence electrons. The molecule has 0 aliphatic carbocycles. The van der Waals surface area contributed by atoms with Crippen molar-refractivity contribution in [2.45, 2.75) is 39.0 Å². The van der Waals surface area contributed by atoms with Gasteiger partial charge in [0.05, 0.1) is 6.54 Å². The Morgan fingerprint density at radius 3 is 2.65 bits per heavy atom. The molecule has 1 aliphatic rings. The molecule has 2 rings (SSSR count). The molecule has 0 saturated heterocycles. The maximum Gasteiger partial charge on any atom is 0.451 e. The van der Waals surface area contributed by atoms with E-state index in [1.54, 1.807) is 0 Å². The van der Waals surface area contributed by atoms with E-state index in [9.17, 15) is 13.2 Å². The number of nitrogens with zero attached hydrogens (tertiary/aromatic N) is 4. The van der Waals surface area contributed by atoms with E-state index >= 15 is 0 Å². The van der Waals surface area contributed by atoms with Crippen LogP contribution in [0, 0.1) is 0 Å². The van der Waals surface area contributed by atoms with Gasteiger partial charge in [0.25, 0.3) is 0 Å². The average molecular weight is 248 g/mol. The second-order valence-corrected chi connectivity index (χ2v) is 4.22. The fourth-order valence-electron chi connectivity index (χ4n) is 1.99. The first-order valence-electron chi connectivity index (χ1n) is 5.74. The van der Waals surface area contributed by atoms with Gasteiger partial charge in [-0.05, 0) is 13.0 Å². The molecule has 0 aromatic carbocycles. The molecular weight excluding hydrogens is 233 g/mol. The summed E-state index contributed by atoms with van der Waals surface area (Å²) >= 11 is 0. The second kappa shape index (κ2) is 4.64. The minimum Gasteiger partial charge on any atom is -0.305 e. The van der Waals surface area contributed by atoms with Gasteiger partial charge in [0.2, 0.25) is 5.82 Å². The van der Waals surface area contributed by atoms with Gasteiger partial charge < -0.3 is 4.57 Å². The van der Waals surface area contributed by atoms with Crippen LogP contribution in [0.4, 0.5) is 13.2 Å². The number of aromatic nitrogens is 3. The van der Waals surface area contributed by atoms with Crippen molar-refractivity contribution < 1.29 is 13.2 Å². The maximum atomic E-state index is 12.6. The highest BCUT2D eigenvalue weighted by molar-refractivity contribution is 5.02. The van der Waals surface area contributed by atoms with Crippen LogP contribution in [0.3, 0.4) is 0 Å². The van der Waals surface area contributed by atoms with Gasteiger partial charge in [0.15, 0.2) is 0 Å². The van der Waals surface area contributed by atoms with Crippen molar-refractivity contribution in [2.75, 3.05) is 13.1 Å². The second-order valence-electron chi connectivity index (χ2n) is 4.22. The molecule has 2 heterocycles. The monoisotopic (exact) mass is 248 g/mol. The zero-order valence-electron chi connectivity index (χ0n) is 9.67. The van der Waals surface area contributed by atoms with Crippen LogP contribution in [0.5, 0.6) is 0 Å². The summed E-state index contributed by atoms with van der Waals surface area (Å²) in [4.78, 5) is 2.12. The van der Waals surface area contributed by atoms with Crippen LogP contribution < -0.4 is 0 Å². The fourth-order valence-corrected chi connectivity index (χ4v) is 1.99. The van der Waals surface area contributed by atoms with Gasteiger partial charge in [-0.15, -0.1) is 10.2 Å². The van der Waals surface area contributed by atoms with Crippen molar-refractivity contribution in [1.82, 2.24) is 19.7 Å². The SMILES string of the molecule is CCCCN1CCn2c(nnc2C(F)(F)F)C1. The van der Waals surface area contributed by atoms with Gasteiger partial charge in [0, 0.05) is 13.1 Å². The highest BCUT2D eigenvalue weighted by Crippen LogP contribution is 2.29. The van der Waals surface area contributed by atoms with Gasteiger partial charge in [-0.1, -0.05) is 13.3 Å². The van der Waals surface area contributed by atoms with Crippen LogP contribution >= 0.6 is 0 Å². The topological polar surface area (TPSA) is 34.0 Å². The van der Waals surface area contributed by atoms with Crippen molar-refractivity contribution >= 4 is 0 Å². The normalized spacial score (nSPS) is 17.2. The van der Waals surface area contributed by atoms with Gasteiger partial charge in [0.1, 0.15) is 5.82 Å². The number of halogens is 3. The average Bonchev–Trinajstić information content (AvgIpc) is 2.68. The van der Waals surface area contributed by atoms with Crippen LogP contribution in [-0.2, 0) is 19.3 Å². The minimum atomic E-state index is -4.41. The summed E-state index contributed by atoms with van der Waals surface area (Å²) in [6.07, 6.45) is -2.27. The molecule has 0 unspecified atom stereocenters. The predicted molar refractivity (Wildman–Crippen MR) is 55.2 cm³/mol. The Labute approximate surface area is 97.4 Å². The van der Waals surface area contributed by atoms with Crippen LogP contribution in [0.2, 0.25) is 0 Å². The first-order valence-corrected chi connectivity index (χ1v) is 5.74. The summed E-state index contributed by atoms with van der Waals surface area (Å²) in [5.41, 5.74) is 0. The van der Waals surface area contributed by atoms with Crippen molar-refractivity contribution in [3.63, 3.8) is 0 Å². The van der Waals surface area contributed by atoms with Gasteiger partial charge >= 0.3 is 6.18 Å². The van der Waals surface area contributed by atoms with Crippen LogP contribution in [0.15, 0.2) is 0 Å². The Kier molecular flexibility index (Phi) is 3.37. The lowest BCUT2D eigenvalue weighted by atomic mass is 10.3. The van der Waals surface area contributed by atoms with E-state index in [1.807, 2.05) is 0 Å². The smallest absolute Gasteiger partial charge is 0.305 e. The van der Waals surface area contributed by atoms with Gasteiger partial charge in [-0.3, -0.25) is 4.90 Å². The van der Waals surface area contributed by atoms with Crippen LogP contribution in [0.25, 0.3) is 0 Å². The summed E-state index contributed by atoms with van der Waals surface area (Å²) in [6.45, 7) is 4.41. The maximum absolute atomic E-state index is 12.6. The quantitative estimate of drug-likeness (QED) is 0.819. The number of rotatable bonds is 3. The molecule has 0 fully saturated rings. The zero-order chi connectivity index (χ0) is 12.5. The molecule has 1 aromatic heterocycles. The molecule has 1 aliphatic heterocycles. The molecule has 0 bridgehead atoms. The Bertz CT molecular complexity index is 385. The molecule has 17 heavy (non-hydrogen) atoms. The highest BCUT2D eigenvalue weighted by atomic mass is 19.4. The first-order chi connectivity index (χ1) is 8.02. The molecule has 0 saturated carbocycles. The van der Waals surface area contributed by atoms with Crippen molar-refractivity contribution in [3.8, 4) is 0 Å². The molecule has 0 atom stereocenters. The Morgan fingerprint density at radius 2 is 2.00 bits per heavy atom. The standard InChI is InChI=1S/C10H15F3N4/c1-2-3-4-16-5-6-17-8(7-16)14-15-9(17)10(11,12)13/h2-7H2,1H3. The summed E-state index contributed by atoms with van der Waals surface area (Å²) in [5, 5.41) is 6.88. The molecule has 0 radical (unpaired) electrons. The third kappa shape index (κ3) is 2.59. The number of fused-ring (bicyclic) bond motifs is 1. The number of hydrogen-bond acceptors (Lipinski definition) is 3. The molecule has 0 spiro atoms. The van der Waals surface area contributed by atoms with Crippen molar-refractivity contribution in [2.24, 2.45) is 0 Å². The third-order valence-electron chi connectivity index (χ3n) is 2.91. The van der Waals surface area contributed by atoms with E-state index in [4.69, 9.17) is 0 Å². The Morgan fingerprint density at radius 1 is 1.24 bits per heavy atom. The molecule has 4 nitrogen and oxygen atoms in total. The Hall–Kier alpha value is -1.11. The lowest BCUT2D eigenvalue weighted by molar-refractivity contribution is -0.148. The summed E-state index contributed by atoms with van der Waals surface area (Å²) in [7, 11) is 0. The first kappa shape index (κ1) is 12.3. The third-order valence-corrected chi connectivity index (χ3v) is 2.91. The van der Waals surface area contributed by atoms with Crippen LogP contribution in [-0.4, -0.2) is 32.8 Å². The summed E-state index contributed by atoms with van der Waals surface area (Å²) < 4.78 is 38.9. The highest BCUT2D eigenvalue weighted by Gasteiger charge is 2.39. The predicted octanol–water partition coefficient (Wildman–Crippen LogP) is 1.91. The van der Waals surface area contributed by atoms with E-state index in [2.05, 4.69) is 22.0 Å². The molecule has 1 aromatic rings. The zero-order valence-corrected chi connectivity index (χ0v) is 9.67. The Balaban J connectivity index is 2.11. The number of unbranched alkanes of at least 4 members (excludes halogenated alkanes) is 1. The van der Waals surface area contributed by atoms with E-state index < -0.39 is 12.0 Å². The number of alkyl halides is 3. The lowest BCUT2D eigenvalue weighted by Gasteiger charge is -2.27. The van der Waals surface area contributed by atoms with E-state index in [0.29, 0.717) is 25.5 Å².